The smallest absolute Gasteiger partial charge is 0.327 e. The van der Waals surface area contributed by atoms with Gasteiger partial charge in [0.25, 0.3) is 5.91 Å². The van der Waals surface area contributed by atoms with Crippen molar-refractivity contribution >= 4 is 29.3 Å². The Bertz CT molecular complexity index is 760. The van der Waals surface area contributed by atoms with Crippen LogP contribution in [0.3, 0.4) is 0 Å². The zero-order chi connectivity index (χ0) is 17.4. The van der Waals surface area contributed by atoms with Gasteiger partial charge in [0.05, 0.1) is 5.69 Å². The van der Waals surface area contributed by atoms with Gasteiger partial charge in [-0.3, -0.25) is 19.3 Å². The van der Waals surface area contributed by atoms with E-state index in [1.54, 1.807) is 0 Å². The van der Waals surface area contributed by atoms with E-state index in [2.05, 4.69) is 5.32 Å². The van der Waals surface area contributed by atoms with Gasteiger partial charge >= 0.3 is 6.03 Å². The molecule has 0 saturated carbocycles. The van der Waals surface area contributed by atoms with E-state index in [0.717, 1.165) is 4.90 Å². The number of carbonyl (C=O) groups excluding carboxylic acids is 4. The van der Waals surface area contributed by atoms with Crippen molar-refractivity contribution in [2.75, 3.05) is 32.2 Å². The summed E-state index contributed by atoms with van der Waals surface area (Å²) in [6.45, 7) is 0.908. The van der Waals surface area contributed by atoms with Crippen molar-refractivity contribution in [3.05, 3.63) is 17.7 Å². The van der Waals surface area contributed by atoms with Crippen molar-refractivity contribution in [3.8, 4) is 11.5 Å². The first-order valence-electron chi connectivity index (χ1n) is 7.16. The van der Waals surface area contributed by atoms with Gasteiger partial charge in [-0.05, 0) is 13.0 Å². The number of anilines is 1. The number of Topliss-reactive ketones (excluding diaryl/α,β-unsaturated/α-hetero) is 1. The molecule has 1 N–H and O–H groups in total. The van der Waals surface area contributed by atoms with Crippen LogP contribution in [0.4, 0.5) is 10.5 Å². The van der Waals surface area contributed by atoms with Crippen molar-refractivity contribution in [3.63, 3.8) is 0 Å². The number of amides is 4. The number of nitrogens with zero attached hydrogens (tertiary/aromatic N) is 2. The van der Waals surface area contributed by atoms with Crippen LogP contribution >= 0.6 is 0 Å². The number of ether oxygens (including phenoxy) is 2. The molecule has 9 nitrogen and oxygen atoms in total. The number of rotatable bonds is 4. The van der Waals surface area contributed by atoms with Crippen LogP contribution in [-0.2, 0) is 9.59 Å². The highest BCUT2D eigenvalue weighted by Gasteiger charge is 2.35. The molecule has 1 saturated heterocycles. The predicted octanol–water partition coefficient (Wildman–Crippen LogP) is 0.450. The molecular weight excluding hydrogens is 318 g/mol. The standard InChI is InChI=1S/C15H15N3O6/c1-8(19)9-3-11-12(24-7-23-11)4-10(9)16-13(20)5-18-14(21)6-17(2)15(18)22/h3-4H,5-7H2,1-2H3,(H,16,20). The summed E-state index contributed by atoms with van der Waals surface area (Å²) >= 11 is 0. The van der Waals surface area contributed by atoms with Crippen molar-refractivity contribution in [1.29, 1.82) is 0 Å². The predicted molar refractivity (Wildman–Crippen MR) is 80.9 cm³/mol. The van der Waals surface area contributed by atoms with Crippen LogP contribution in [0.5, 0.6) is 11.5 Å². The summed E-state index contributed by atoms with van der Waals surface area (Å²) in [7, 11) is 1.48. The summed E-state index contributed by atoms with van der Waals surface area (Å²) in [6, 6.07) is 2.43. The zero-order valence-electron chi connectivity index (χ0n) is 13.1. The molecule has 126 valence electrons. The second kappa shape index (κ2) is 5.84. The van der Waals surface area contributed by atoms with Crippen LogP contribution in [0.2, 0.25) is 0 Å². The first-order valence-corrected chi connectivity index (χ1v) is 7.16. The minimum absolute atomic E-state index is 0.0349. The number of hydrogen-bond donors (Lipinski definition) is 1. The molecule has 0 bridgehead atoms. The largest absolute Gasteiger partial charge is 0.454 e. The Labute approximate surface area is 137 Å². The molecule has 0 unspecified atom stereocenters. The third-order valence-electron chi connectivity index (χ3n) is 3.70. The molecule has 2 aliphatic heterocycles. The van der Waals surface area contributed by atoms with Crippen LogP contribution in [0, 0.1) is 0 Å². The molecule has 0 spiro atoms. The normalized spacial score (nSPS) is 15.9. The quantitative estimate of drug-likeness (QED) is 0.633. The van der Waals surface area contributed by atoms with Crippen LogP contribution in [0.15, 0.2) is 12.1 Å². The Morgan fingerprint density at radius 2 is 1.88 bits per heavy atom. The minimum atomic E-state index is -0.589. The summed E-state index contributed by atoms with van der Waals surface area (Å²) in [5.74, 6) is -0.478. The number of carbonyl (C=O) groups is 4. The van der Waals surface area contributed by atoms with Gasteiger partial charge in [-0.15, -0.1) is 0 Å². The van der Waals surface area contributed by atoms with Crippen molar-refractivity contribution < 1.29 is 28.7 Å². The van der Waals surface area contributed by atoms with E-state index in [9.17, 15) is 19.2 Å². The highest BCUT2D eigenvalue weighted by Crippen LogP contribution is 2.37. The maximum Gasteiger partial charge on any atom is 0.327 e. The van der Waals surface area contributed by atoms with Gasteiger partial charge in [0, 0.05) is 18.7 Å². The molecule has 1 aromatic rings. The fourth-order valence-electron chi connectivity index (χ4n) is 2.49. The average Bonchev–Trinajstić information content (AvgIpc) is 3.06. The number of nitrogens with one attached hydrogen (secondary N) is 1. The summed E-state index contributed by atoms with van der Waals surface area (Å²) in [5, 5.41) is 2.54. The first-order chi connectivity index (χ1) is 11.4. The lowest BCUT2D eigenvalue weighted by molar-refractivity contribution is -0.129. The second-order valence-corrected chi connectivity index (χ2v) is 5.47. The molecule has 1 fully saturated rings. The van der Waals surface area contributed by atoms with Gasteiger partial charge in [0.1, 0.15) is 13.1 Å². The SMILES string of the molecule is CC(=O)c1cc2c(cc1NC(=O)CN1C(=O)CN(C)C1=O)OCO2. The van der Waals surface area contributed by atoms with E-state index in [4.69, 9.17) is 9.47 Å². The molecule has 0 aromatic heterocycles. The molecule has 0 atom stereocenters. The van der Waals surface area contributed by atoms with Gasteiger partial charge in [-0.1, -0.05) is 0 Å². The molecule has 2 aliphatic rings. The number of benzene rings is 1. The maximum absolute atomic E-state index is 12.2. The molecule has 24 heavy (non-hydrogen) atoms. The van der Waals surface area contributed by atoms with Gasteiger partial charge in [-0.2, -0.15) is 0 Å². The van der Waals surface area contributed by atoms with Crippen molar-refractivity contribution in [1.82, 2.24) is 9.80 Å². The molecule has 0 radical (unpaired) electrons. The fourth-order valence-corrected chi connectivity index (χ4v) is 2.49. The lowest BCUT2D eigenvalue weighted by atomic mass is 10.1. The molecule has 4 amide bonds. The summed E-state index contributed by atoms with van der Waals surface area (Å²) in [6.07, 6.45) is 0. The molecule has 0 aliphatic carbocycles. The van der Waals surface area contributed by atoms with Crippen LogP contribution in [-0.4, -0.2) is 60.4 Å². The van der Waals surface area contributed by atoms with E-state index in [0.29, 0.717) is 11.5 Å². The van der Waals surface area contributed by atoms with Crippen LogP contribution in [0.1, 0.15) is 17.3 Å². The summed E-state index contributed by atoms with van der Waals surface area (Å²) in [5.41, 5.74) is 0.494. The van der Waals surface area contributed by atoms with Gasteiger partial charge in [0.15, 0.2) is 17.3 Å². The Morgan fingerprint density at radius 1 is 1.21 bits per heavy atom. The zero-order valence-corrected chi connectivity index (χ0v) is 13.1. The molecule has 3 rings (SSSR count). The third kappa shape index (κ3) is 2.75. The van der Waals surface area contributed by atoms with Crippen LogP contribution in [0.25, 0.3) is 0 Å². The number of urea groups is 1. The fraction of sp³-hybridized carbons (Fsp3) is 0.333. The Kier molecular flexibility index (Phi) is 3.84. The van der Waals surface area contributed by atoms with E-state index >= 15 is 0 Å². The Morgan fingerprint density at radius 3 is 2.46 bits per heavy atom. The van der Waals surface area contributed by atoms with E-state index in [1.165, 1.54) is 31.0 Å². The molecule has 9 heteroatoms. The number of imide groups is 1. The lowest BCUT2D eigenvalue weighted by Crippen LogP contribution is -2.38. The molecule has 2 heterocycles. The molecule has 1 aromatic carbocycles. The first kappa shape index (κ1) is 15.8. The number of ketones is 1. The number of likely N-dealkylation sites (N-methyl/N-ethyl adjacent to an activating group) is 1. The lowest BCUT2D eigenvalue weighted by Gasteiger charge is -2.15. The van der Waals surface area contributed by atoms with Gasteiger partial charge < -0.3 is 19.7 Å². The molecular formula is C15H15N3O6. The highest BCUT2D eigenvalue weighted by molar-refractivity contribution is 6.08. The van der Waals surface area contributed by atoms with E-state index in [1.807, 2.05) is 0 Å². The van der Waals surface area contributed by atoms with E-state index < -0.39 is 24.4 Å². The minimum Gasteiger partial charge on any atom is -0.454 e. The van der Waals surface area contributed by atoms with Crippen LogP contribution < -0.4 is 14.8 Å². The summed E-state index contributed by atoms with van der Waals surface area (Å²) < 4.78 is 10.4. The monoisotopic (exact) mass is 333 g/mol. The third-order valence-corrected chi connectivity index (χ3v) is 3.70. The van der Waals surface area contributed by atoms with E-state index in [-0.39, 0.29) is 30.4 Å². The number of fused-ring (bicyclic) bond motifs is 1. The maximum atomic E-state index is 12.2. The summed E-state index contributed by atoms with van der Waals surface area (Å²) in [4.78, 5) is 49.5. The van der Waals surface area contributed by atoms with Crippen molar-refractivity contribution in [2.45, 2.75) is 6.92 Å². The average molecular weight is 333 g/mol. The Hall–Kier alpha value is -3.10. The van der Waals surface area contributed by atoms with Gasteiger partial charge in [-0.25, -0.2) is 4.79 Å². The number of hydrogen-bond acceptors (Lipinski definition) is 6. The van der Waals surface area contributed by atoms with Gasteiger partial charge in [0.2, 0.25) is 12.7 Å². The topological polar surface area (TPSA) is 105 Å². The Balaban J connectivity index is 1.78. The highest BCUT2D eigenvalue weighted by atomic mass is 16.7. The van der Waals surface area contributed by atoms with Crippen molar-refractivity contribution in [2.24, 2.45) is 0 Å². The second-order valence-electron chi connectivity index (χ2n) is 5.47.